The smallest absolute Gasteiger partial charge is 0.133 e. The van der Waals surface area contributed by atoms with E-state index in [0.29, 0.717) is 11.6 Å². The molecule has 0 aromatic carbocycles. The van der Waals surface area contributed by atoms with Gasteiger partial charge in [-0.2, -0.15) is 5.26 Å². The lowest BCUT2D eigenvalue weighted by Crippen LogP contribution is -2.36. The summed E-state index contributed by atoms with van der Waals surface area (Å²) >= 11 is 0. The molecule has 114 valence electrons. The molecule has 5 heteroatoms. The molecule has 2 atom stereocenters. The van der Waals surface area contributed by atoms with Crippen molar-refractivity contribution in [2.45, 2.75) is 45.3 Å². The zero-order valence-corrected chi connectivity index (χ0v) is 12.7. The monoisotopic (exact) mass is 288 g/mol. The number of piperidine rings is 1. The Morgan fingerprint density at radius 1 is 1.43 bits per heavy atom. The molecule has 2 N–H and O–H groups in total. The van der Waals surface area contributed by atoms with Crippen LogP contribution in [-0.2, 0) is 11.3 Å². The molecule has 0 amide bonds. The molecule has 0 unspecified atom stereocenters. The summed E-state index contributed by atoms with van der Waals surface area (Å²) in [5, 5.41) is 9.39. The molecule has 2 saturated heterocycles. The highest BCUT2D eigenvalue weighted by molar-refractivity contribution is 5.68. The largest absolute Gasteiger partial charge is 0.396 e. The van der Waals surface area contributed by atoms with E-state index in [2.05, 4.69) is 22.5 Å². The Bertz CT molecular complexity index is 539. The van der Waals surface area contributed by atoms with E-state index in [1.807, 2.05) is 6.07 Å². The predicted octanol–water partition coefficient (Wildman–Crippen LogP) is 2.36. The van der Waals surface area contributed by atoms with Gasteiger partial charge in [0.2, 0.25) is 0 Å². The maximum atomic E-state index is 9.39. The topological polar surface area (TPSA) is 67.2 Å². The van der Waals surface area contributed by atoms with Gasteiger partial charge in [0, 0.05) is 19.7 Å². The summed E-state index contributed by atoms with van der Waals surface area (Å²) in [5.74, 6) is 1.70. The second kappa shape index (κ2) is 5.98. The van der Waals surface area contributed by atoms with Crippen molar-refractivity contribution in [3.05, 3.63) is 11.8 Å². The lowest BCUT2D eigenvalue weighted by Gasteiger charge is -2.34. The Hall–Kier alpha value is -1.67. The number of nitrogens with zero attached hydrogens (tertiary/aromatic N) is 3. The normalized spacial score (nSPS) is 26.0. The molecule has 1 aromatic rings. The van der Waals surface area contributed by atoms with Crippen molar-refractivity contribution in [1.29, 1.82) is 5.26 Å². The number of anilines is 2. The van der Waals surface area contributed by atoms with Crippen LogP contribution in [0.5, 0.6) is 0 Å². The number of nitriles is 1. The molecular weight excluding hydrogens is 264 g/mol. The van der Waals surface area contributed by atoms with E-state index in [4.69, 9.17) is 10.5 Å². The van der Waals surface area contributed by atoms with Crippen LogP contribution < -0.4 is 10.6 Å². The van der Waals surface area contributed by atoms with Gasteiger partial charge in [0.1, 0.15) is 17.6 Å². The lowest BCUT2D eigenvalue weighted by molar-refractivity contribution is 0.0971. The van der Waals surface area contributed by atoms with Crippen molar-refractivity contribution >= 4 is 11.5 Å². The number of hydrogen-bond donors (Lipinski definition) is 1. The molecule has 0 aliphatic carbocycles. The van der Waals surface area contributed by atoms with Crippen LogP contribution >= 0.6 is 0 Å². The molecule has 21 heavy (non-hydrogen) atoms. The van der Waals surface area contributed by atoms with Crippen LogP contribution in [0.1, 0.15) is 38.3 Å². The molecule has 0 radical (unpaired) electrons. The van der Waals surface area contributed by atoms with E-state index in [1.54, 1.807) is 0 Å². The summed E-state index contributed by atoms with van der Waals surface area (Å²) in [6.07, 6.45) is 4.85. The van der Waals surface area contributed by atoms with E-state index < -0.39 is 0 Å². The number of nitrogens with two attached hydrogens (primary N) is 1. The van der Waals surface area contributed by atoms with Crippen LogP contribution in [0, 0.1) is 17.2 Å². The average molecular weight is 288 g/mol. The van der Waals surface area contributed by atoms with Crippen molar-refractivity contribution in [3.63, 3.8) is 0 Å². The average Bonchev–Trinajstić information content (AvgIpc) is 3.07. The van der Waals surface area contributed by atoms with Crippen LogP contribution in [-0.4, -0.2) is 30.4 Å². The summed E-state index contributed by atoms with van der Waals surface area (Å²) in [7, 11) is 0. The van der Waals surface area contributed by atoms with Gasteiger partial charge in [0.05, 0.1) is 18.3 Å². The minimum absolute atomic E-state index is 0.213. The van der Waals surface area contributed by atoms with E-state index in [9.17, 15) is 5.26 Å². The Balaban J connectivity index is 1.90. The maximum Gasteiger partial charge on any atom is 0.133 e. The van der Waals surface area contributed by atoms with Crippen molar-refractivity contribution < 1.29 is 4.74 Å². The van der Waals surface area contributed by atoms with Crippen LogP contribution in [0.2, 0.25) is 0 Å². The summed E-state index contributed by atoms with van der Waals surface area (Å²) in [4.78, 5) is 2.35. The molecule has 2 aliphatic heterocycles. The van der Waals surface area contributed by atoms with Gasteiger partial charge in [-0.05, 0) is 37.7 Å². The Labute approximate surface area is 126 Å². The zero-order chi connectivity index (χ0) is 14.8. The third-order valence-electron chi connectivity index (χ3n) is 4.58. The Kier molecular flexibility index (Phi) is 4.07. The first-order valence-corrected chi connectivity index (χ1v) is 7.94. The van der Waals surface area contributed by atoms with E-state index in [-0.39, 0.29) is 6.10 Å². The number of aromatic nitrogens is 1. The molecular formula is C16H24N4O. The van der Waals surface area contributed by atoms with Crippen LogP contribution in [0.15, 0.2) is 6.07 Å². The van der Waals surface area contributed by atoms with Crippen molar-refractivity contribution in [3.8, 4) is 6.07 Å². The second-order valence-corrected chi connectivity index (χ2v) is 6.36. The fourth-order valence-electron chi connectivity index (χ4n) is 3.56. The van der Waals surface area contributed by atoms with Gasteiger partial charge in [-0.15, -0.1) is 0 Å². The highest BCUT2D eigenvalue weighted by Crippen LogP contribution is 2.32. The zero-order valence-electron chi connectivity index (χ0n) is 12.7. The van der Waals surface area contributed by atoms with Crippen LogP contribution in [0.4, 0.5) is 11.5 Å². The number of nitrogen functional groups attached to an aromatic ring is 1. The molecule has 2 aliphatic rings. The van der Waals surface area contributed by atoms with Crippen LogP contribution in [0.25, 0.3) is 0 Å². The highest BCUT2D eigenvalue weighted by Gasteiger charge is 2.26. The quantitative estimate of drug-likeness (QED) is 0.927. The lowest BCUT2D eigenvalue weighted by atomic mass is 10.0. The number of hydrogen-bond acceptors (Lipinski definition) is 4. The van der Waals surface area contributed by atoms with E-state index in [0.717, 1.165) is 50.6 Å². The first-order chi connectivity index (χ1) is 10.2. The first-order valence-electron chi connectivity index (χ1n) is 7.94. The van der Waals surface area contributed by atoms with Gasteiger partial charge in [0.15, 0.2) is 0 Å². The molecule has 3 rings (SSSR count). The summed E-state index contributed by atoms with van der Waals surface area (Å²) in [6.45, 7) is 5.89. The Morgan fingerprint density at radius 3 is 2.95 bits per heavy atom. The molecule has 0 spiro atoms. The summed E-state index contributed by atoms with van der Waals surface area (Å²) in [6, 6.07) is 4.09. The fraction of sp³-hybridized carbons (Fsp3) is 0.688. The summed E-state index contributed by atoms with van der Waals surface area (Å²) in [5.41, 5.74) is 7.58. The maximum absolute atomic E-state index is 9.39. The van der Waals surface area contributed by atoms with E-state index in [1.165, 1.54) is 12.8 Å². The van der Waals surface area contributed by atoms with Crippen LogP contribution in [0.3, 0.4) is 0 Å². The minimum atomic E-state index is 0.213. The third kappa shape index (κ3) is 2.86. The first kappa shape index (κ1) is 14.3. The van der Waals surface area contributed by atoms with Gasteiger partial charge in [-0.3, -0.25) is 0 Å². The number of ether oxygens (including phenoxy) is 1. The third-order valence-corrected chi connectivity index (χ3v) is 4.58. The highest BCUT2D eigenvalue weighted by atomic mass is 16.5. The fourth-order valence-corrected chi connectivity index (χ4v) is 3.56. The molecule has 5 nitrogen and oxygen atoms in total. The standard InChI is InChI=1S/C16H24N4O/c1-12-4-2-6-19(10-12)16-15(18)8-13(9-17)20(16)11-14-5-3-7-21-14/h8,12,14H,2-7,10-11,18H2,1H3/t12-,14-/m0/s1. The molecule has 0 saturated carbocycles. The molecule has 2 fully saturated rings. The predicted molar refractivity (Wildman–Crippen MR) is 83.1 cm³/mol. The molecule has 1 aromatic heterocycles. The van der Waals surface area contributed by atoms with E-state index >= 15 is 0 Å². The van der Waals surface area contributed by atoms with Gasteiger partial charge >= 0.3 is 0 Å². The number of rotatable bonds is 3. The second-order valence-electron chi connectivity index (χ2n) is 6.36. The van der Waals surface area contributed by atoms with Crippen molar-refractivity contribution in [2.24, 2.45) is 5.92 Å². The molecule has 0 bridgehead atoms. The SMILES string of the molecule is C[C@H]1CCCN(c2c(N)cc(C#N)n2C[C@@H]2CCCO2)C1. The summed E-state index contributed by atoms with van der Waals surface area (Å²) < 4.78 is 7.81. The van der Waals surface area contributed by atoms with Gasteiger partial charge in [-0.25, -0.2) is 0 Å². The van der Waals surface area contributed by atoms with Gasteiger partial charge in [-0.1, -0.05) is 6.92 Å². The van der Waals surface area contributed by atoms with Crippen molar-refractivity contribution in [1.82, 2.24) is 4.57 Å². The van der Waals surface area contributed by atoms with Gasteiger partial charge in [0.25, 0.3) is 0 Å². The molecule has 3 heterocycles. The van der Waals surface area contributed by atoms with Crippen molar-refractivity contribution in [2.75, 3.05) is 30.3 Å². The minimum Gasteiger partial charge on any atom is -0.396 e. The van der Waals surface area contributed by atoms with Gasteiger partial charge < -0.3 is 19.9 Å². The Morgan fingerprint density at radius 2 is 2.29 bits per heavy atom.